The van der Waals surface area contributed by atoms with Crippen molar-refractivity contribution < 1.29 is 29.2 Å². The van der Waals surface area contributed by atoms with E-state index >= 15 is 0 Å². The zero-order chi connectivity index (χ0) is 19.6. The van der Waals surface area contributed by atoms with Gasteiger partial charge in [-0.15, -0.1) is 0 Å². The topological polar surface area (TPSA) is 85.2 Å². The van der Waals surface area contributed by atoms with Crippen LogP contribution in [0.4, 0.5) is 0 Å². The van der Waals surface area contributed by atoms with Gasteiger partial charge in [0.15, 0.2) is 6.29 Å². The third-order valence-corrected chi connectivity index (χ3v) is 4.53. The Hall–Kier alpha value is -1.73. The Morgan fingerprint density at radius 2 is 2.04 bits per heavy atom. The van der Waals surface area contributed by atoms with Crippen molar-refractivity contribution in [1.29, 1.82) is 0 Å². The largest absolute Gasteiger partial charge is 0.462 e. The molecule has 1 aliphatic rings. The number of carbonyl (C=O) groups excluding carboxylic acids is 1. The van der Waals surface area contributed by atoms with Crippen LogP contribution in [0.2, 0.25) is 0 Å². The van der Waals surface area contributed by atoms with E-state index in [1.54, 1.807) is 13.0 Å². The predicted octanol–water partition coefficient (Wildman–Crippen LogP) is 2.37. The quantitative estimate of drug-likeness (QED) is 0.507. The fourth-order valence-electron chi connectivity index (χ4n) is 2.84. The van der Waals surface area contributed by atoms with Gasteiger partial charge >= 0.3 is 5.97 Å². The maximum Gasteiger partial charge on any atom is 0.330 e. The molecule has 0 bridgehead atoms. The molecule has 27 heavy (non-hydrogen) atoms. The SMILES string of the molecule is C[C@H](CC/C=C/C(=O)OCCc1ccccc1)OC1O[C@@H](C)[C@H](O)C[C@H]1O. The van der Waals surface area contributed by atoms with Gasteiger partial charge in [0.25, 0.3) is 0 Å². The number of esters is 1. The van der Waals surface area contributed by atoms with Crippen molar-refractivity contribution in [2.75, 3.05) is 6.61 Å². The summed E-state index contributed by atoms with van der Waals surface area (Å²) in [5.74, 6) is -0.353. The molecule has 0 saturated carbocycles. The summed E-state index contributed by atoms with van der Waals surface area (Å²) in [6.07, 6.45) is 2.70. The van der Waals surface area contributed by atoms with Gasteiger partial charge in [0.2, 0.25) is 0 Å². The molecule has 0 amide bonds. The molecule has 5 atom stereocenters. The van der Waals surface area contributed by atoms with Crippen LogP contribution in [-0.4, -0.2) is 53.5 Å². The Morgan fingerprint density at radius 1 is 1.30 bits per heavy atom. The van der Waals surface area contributed by atoms with Gasteiger partial charge in [-0.05, 0) is 32.3 Å². The maximum absolute atomic E-state index is 11.7. The van der Waals surface area contributed by atoms with Crippen LogP contribution in [0.15, 0.2) is 42.5 Å². The third kappa shape index (κ3) is 7.81. The second kappa shape index (κ2) is 11.2. The van der Waals surface area contributed by atoms with E-state index in [-0.39, 0.29) is 24.6 Å². The van der Waals surface area contributed by atoms with Crippen LogP contribution in [0.25, 0.3) is 0 Å². The van der Waals surface area contributed by atoms with Crippen LogP contribution in [0.1, 0.15) is 38.7 Å². The first-order chi connectivity index (χ1) is 13.0. The van der Waals surface area contributed by atoms with Crippen molar-refractivity contribution in [3.63, 3.8) is 0 Å². The van der Waals surface area contributed by atoms with E-state index in [1.165, 1.54) is 6.08 Å². The van der Waals surface area contributed by atoms with Crippen molar-refractivity contribution in [2.24, 2.45) is 0 Å². The van der Waals surface area contributed by atoms with E-state index in [1.807, 2.05) is 37.3 Å². The molecule has 150 valence electrons. The molecular formula is C21H30O6. The van der Waals surface area contributed by atoms with Crippen LogP contribution in [0.5, 0.6) is 0 Å². The minimum Gasteiger partial charge on any atom is -0.462 e. The Morgan fingerprint density at radius 3 is 2.78 bits per heavy atom. The Bertz CT molecular complexity index is 588. The van der Waals surface area contributed by atoms with Gasteiger partial charge in [0.1, 0.15) is 6.10 Å². The fraction of sp³-hybridized carbons (Fsp3) is 0.571. The smallest absolute Gasteiger partial charge is 0.330 e. The monoisotopic (exact) mass is 378 g/mol. The molecule has 6 nitrogen and oxygen atoms in total. The van der Waals surface area contributed by atoms with Crippen LogP contribution in [-0.2, 0) is 25.4 Å². The summed E-state index contributed by atoms with van der Waals surface area (Å²) in [7, 11) is 0. The maximum atomic E-state index is 11.7. The number of ether oxygens (including phenoxy) is 3. The molecule has 2 N–H and O–H groups in total. The number of allylic oxidation sites excluding steroid dienone is 1. The second-order valence-corrected chi connectivity index (χ2v) is 6.91. The van der Waals surface area contributed by atoms with Gasteiger partial charge in [0.05, 0.1) is 24.9 Å². The lowest BCUT2D eigenvalue weighted by atomic mass is 10.0. The van der Waals surface area contributed by atoms with Gasteiger partial charge < -0.3 is 24.4 Å². The predicted molar refractivity (Wildman–Crippen MR) is 101 cm³/mol. The van der Waals surface area contributed by atoms with E-state index in [0.29, 0.717) is 25.9 Å². The van der Waals surface area contributed by atoms with E-state index in [0.717, 1.165) is 5.56 Å². The van der Waals surface area contributed by atoms with Gasteiger partial charge in [0, 0.05) is 18.9 Å². The summed E-state index contributed by atoms with van der Waals surface area (Å²) in [4.78, 5) is 11.7. The van der Waals surface area contributed by atoms with Crippen molar-refractivity contribution in [3.8, 4) is 0 Å². The highest BCUT2D eigenvalue weighted by atomic mass is 16.7. The summed E-state index contributed by atoms with van der Waals surface area (Å²) >= 11 is 0. The van der Waals surface area contributed by atoms with Gasteiger partial charge in [-0.3, -0.25) is 0 Å². The molecule has 0 radical (unpaired) electrons. The molecule has 2 rings (SSSR count). The molecule has 1 unspecified atom stereocenters. The van der Waals surface area contributed by atoms with Crippen molar-refractivity contribution in [2.45, 2.75) is 70.2 Å². The highest BCUT2D eigenvalue weighted by Crippen LogP contribution is 2.22. The van der Waals surface area contributed by atoms with Crippen molar-refractivity contribution >= 4 is 5.97 Å². The molecule has 1 aliphatic heterocycles. The first kappa shape index (κ1) is 21.6. The Kier molecular flexibility index (Phi) is 8.94. The number of rotatable bonds is 9. The highest BCUT2D eigenvalue weighted by Gasteiger charge is 2.35. The molecule has 1 fully saturated rings. The number of benzene rings is 1. The highest BCUT2D eigenvalue weighted by molar-refractivity contribution is 5.81. The minimum atomic E-state index is -0.839. The van der Waals surface area contributed by atoms with Gasteiger partial charge in [-0.2, -0.15) is 0 Å². The zero-order valence-electron chi connectivity index (χ0n) is 16.0. The molecule has 1 aromatic carbocycles. The van der Waals surface area contributed by atoms with Crippen LogP contribution < -0.4 is 0 Å². The van der Waals surface area contributed by atoms with Crippen LogP contribution in [0.3, 0.4) is 0 Å². The third-order valence-electron chi connectivity index (χ3n) is 4.53. The molecule has 0 spiro atoms. The van der Waals surface area contributed by atoms with Gasteiger partial charge in [-0.25, -0.2) is 4.79 Å². The van der Waals surface area contributed by atoms with Crippen LogP contribution >= 0.6 is 0 Å². The summed E-state index contributed by atoms with van der Waals surface area (Å²) in [6.45, 7) is 4.00. The van der Waals surface area contributed by atoms with Crippen molar-refractivity contribution in [3.05, 3.63) is 48.0 Å². The normalized spacial score (nSPS) is 26.8. The molecule has 1 heterocycles. The number of hydrogen-bond donors (Lipinski definition) is 2. The molecule has 0 aliphatic carbocycles. The number of hydrogen-bond acceptors (Lipinski definition) is 6. The second-order valence-electron chi connectivity index (χ2n) is 6.91. The zero-order valence-corrected chi connectivity index (χ0v) is 16.0. The standard InChI is InChI=1S/C21H30O6/c1-15(26-21-19(23)14-18(22)16(2)27-21)8-6-7-11-20(24)25-13-12-17-9-4-3-5-10-17/h3-5,7,9-11,15-16,18-19,21-23H,6,8,12-14H2,1-2H3/b11-7+/t15-,16+,18-,19-,21?/m1/s1. The van der Waals surface area contributed by atoms with Gasteiger partial charge in [-0.1, -0.05) is 36.4 Å². The van der Waals surface area contributed by atoms with E-state index in [9.17, 15) is 15.0 Å². The summed E-state index contributed by atoms with van der Waals surface area (Å²) < 4.78 is 16.4. The molecular weight excluding hydrogens is 348 g/mol. The number of carbonyl (C=O) groups is 1. The minimum absolute atomic E-state index is 0.147. The van der Waals surface area contributed by atoms with Crippen molar-refractivity contribution in [1.82, 2.24) is 0 Å². The van der Waals surface area contributed by atoms with E-state index < -0.39 is 18.5 Å². The Labute approximate surface area is 160 Å². The molecule has 0 aromatic heterocycles. The first-order valence-corrected chi connectivity index (χ1v) is 9.50. The average Bonchev–Trinajstić information content (AvgIpc) is 2.64. The fourth-order valence-corrected chi connectivity index (χ4v) is 2.84. The summed E-state index contributed by atoms with van der Waals surface area (Å²) in [5, 5.41) is 19.6. The number of aliphatic hydroxyl groups excluding tert-OH is 2. The molecule has 1 aromatic rings. The van der Waals surface area contributed by atoms with Crippen LogP contribution in [0, 0.1) is 0 Å². The average molecular weight is 378 g/mol. The van der Waals surface area contributed by atoms with E-state index in [4.69, 9.17) is 14.2 Å². The molecule has 6 heteroatoms. The summed E-state index contributed by atoms with van der Waals surface area (Å²) in [5.41, 5.74) is 1.13. The Balaban J connectivity index is 1.59. The molecule has 1 saturated heterocycles. The lowest BCUT2D eigenvalue weighted by Gasteiger charge is -2.36. The lowest BCUT2D eigenvalue weighted by Crippen LogP contribution is -2.48. The lowest BCUT2D eigenvalue weighted by molar-refractivity contribution is -0.273. The number of aliphatic hydroxyl groups is 2. The van der Waals surface area contributed by atoms with E-state index in [2.05, 4.69) is 0 Å². The first-order valence-electron chi connectivity index (χ1n) is 9.50. The summed E-state index contributed by atoms with van der Waals surface area (Å²) in [6, 6.07) is 9.87.